The lowest BCUT2D eigenvalue weighted by Gasteiger charge is -2.11. The van der Waals surface area contributed by atoms with Gasteiger partial charge in [0, 0.05) is 5.02 Å². The Balaban J connectivity index is 2.33. The second-order valence-corrected chi connectivity index (χ2v) is 5.16. The molecule has 1 heterocycles. The van der Waals surface area contributed by atoms with Crippen LogP contribution in [0, 0.1) is 13.8 Å². The summed E-state index contributed by atoms with van der Waals surface area (Å²) >= 11 is 12.2. The largest absolute Gasteiger partial charge is 0.478 e. The van der Waals surface area contributed by atoms with Gasteiger partial charge in [0.2, 0.25) is 0 Å². The third-order valence-electron chi connectivity index (χ3n) is 2.83. The Bertz CT molecular complexity index is 687. The third-order valence-corrected chi connectivity index (χ3v) is 3.55. The first-order chi connectivity index (χ1) is 9.38. The molecule has 0 aliphatic carbocycles. The van der Waals surface area contributed by atoms with Gasteiger partial charge in [-0.15, -0.1) is 0 Å². The van der Waals surface area contributed by atoms with Crippen LogP contribution in [0.3, 0.4) is 0 Å². The number of carboxylic acid groups (broad SMARTS) is 1. The fourth-order valence-electron chi connectivity index (χ4n) is 1.74. The third kappa shape index (κ3) is 3.03. The van der Waals surface area contributed by atoms with E-state index in [-0.39, 0.29) is 5.56 Å². The van der Waals surface area contributed by atoms with Crippen LogP contribution in [0.4, 0.5) is 11.5 Å². The van der Waals surface area contributed by atoms with Crippen molar-refractivity contribution in [1.82, 2.24) is 4.98 Å². The predicted octanol–water partition coefficient (Wildman–Crippen LogP) is 4.45. The van der Waals surface area contributed by atoms with E-state index in [0.29, 0.717) is 27.2 Å². The number of pyridine rings is 1. The van der Waals surface area contributed by atoms with Crippen molar-refractivity contribution in [2.24, 2.45) is 0 Å². The summed E-state index contributed by atoms with van der Waals surface area (Å²) in [5.74, 6) is -0.493. The number of aromatic carboxylic acids is 1. The van der Waals surface area contributed by atoms with E-state index >= 15 is 0 Å². The summed E-state index contributed by atoms with van der Waals surface area (Å²) in [5.41, 5.74) is 2.10. The van der Waals surface area contributed by atoms with Crippen LogP contribution in [0.5, 0.6) is 0 Å². The highest BCUT2D eigenvalue weighted by Gasteiger charge is 2.10. The molecule has 0 spiro atoms. The standard InChI is InChI=1S/C14H12Cl2N2O2/c1-7-5-11(16)12(6-10(7)15)18-13-4-3-9(14(19)20)8(2)17-13/h3-6H,1-2H3,(H,17,18)(H,19,20). The zero-order valence-corrected chi connectivity index (χ0v) is 12.4. The molecule has 2 aromatic rings. The summed E-state index contributed by atoms with van der Waals surface area (Å²) in [6.07, 6.45) is 0. The number of aryl methyl sites for hydroxylation is 2. The summed E-state index contributed by atoms with van der Waals surface area (Å²) in [6, 6.07) is 6.54. The number of carboxylic acids is 1. The number of anilines is 2. The number of nitrogens with one attached hydrogen (secondary N) is 1. The highest BCUT2D eigenvalue weighted by atomic mass is 35.5. The Morgan fingerprint density at radius 1 is 1.20 bits per heavy atom. The molecule has 104 valence electrons. The summed E-state index contributed by atoms with van der Waals surface area (Å²) < 4.78 is 0. The Hall–Kier alpha value is -1.78. The van der Waals surface area contributed by atoms with E-state index in [1.807, 2.05) is 6.92 Å². The molecule has 4 nitrogen and oxygen atoms in total. The molecule has 0 atom stereocenters. The Kier molecular flexibility index (Phi) is 4.16. The molecule has 0 amide bonds. The number of rotatable bonds is 3. The van der Waals surface area contributed by atoms with Gasteiger partial charge in [-0.3, -0.25) is 0 Å². The van der Waals surface area contributed by atoms with Crippen molar-refractivity contribution in [3.8, 4) is 0 Å². The second kappa shape index (κ2) is 5.69. The van der Waals surface area contributed by atoms with Crippen LogP contribution < -0.4 is 5.32 Å². The van der Waals surface area contributed by atoms with Crippen molar-refractivity contribution in [2.75, 3.05) is 5.32 Å². The molecule has 1 aromatic heterocycles. The molecular weight excluding hydrogens is 299 g/mol. The van der Waals surface area contributed by atoms with Gasteiger partial charge in [-0.2, -0.15) is 0 Å². The lowest BCUT2D eigenvalue weighted by Crippen LogP contribution is -2.04. The van der Waals surface area contributed by atoms with Crippen molar-refractivity contribution < 1.29 is 9.90 Å². The average Bonchev–Trinajstić information content (AvgIpc) is 2.35. The van der Waals surface area contributed by atoms with Gasteiger partial charge in [0.05, 0.1) is 22.0 Å². The van der Waals surface area contributed by atoms with Crippen LogP contribution in [0.1, 0.15) is 21.6 Å². The fourth-order valence-corrected chi connectivity index (χ4v) is 2.17. The van der Waals surface area contributed by atoms with Crippen LogP contribution in [0.15, 0.2) is 24.3 Å². The molecule has 0 saturated heterocycles. The molecule has 0 unspecified atom stereocenters. The quantitative estimate of drug-likeness (QED) is 0.879. The molecule has 0 saturated carbocycles. The minimum atomic E-state index is -1.00. The van der Waals surface area contributed by atoms with Gasteiger partial charge in [0.1, 0.15) is 5.82 Å². The molecule has 0 bridgehead atoms. The van der Waals surface area contributed by atoms with Gasteiger partial charge in [-0.1, -0.05) is 23.2 Å². The molecule has 6 heteroatoms. The summed E-state index contributed by atoms with van der Waals surface area (Å²) in [7, 11) is 0. The zero-order chi connectivity index (χ0) is 14.9. The summed E-state index contributed by atoms with van der Waals surface area (Å²) in [5, 5.41) is 13.1. The normalized spacial score (nSPS) is 10.4. The van der Waals surface area contributed by atoms with Crippen molar-refractivity contribution in [2.45, 2.75) is 13.8 Å². The molecular formula is C14H12Cl2N2O2. The van der Waals surface area contributed by atoms with Gasteiger partial charge in [0.15, 0.2) is 0 Å². The van der Waals surface area contributed by atoms with E-state index < -0.39 is 5.97 Å². The van der Waals surface area contributed by atoms with Crippen molar-refractivity contribution in [3.05, 3.63) is 51.1 Å². The molecule has 2 rings (SSSR count). The van der Waals surface area contributed by atoms with Crippen molar-refractivity contribution in [3.63, 3.8) is 0 Å². The first-order valence-corrected chi connectivity index (χ1v) is 6.57. The molecule has 0 fully saturated rings. The molecule has 0 radical (unpaired) electrons. The Morgan fingerprint density at radius 3 is 2.50 bits per heavy atom. The highest BCUT2D eigenvalue weighted by molar-refractivity contribution is 6.35. The molecule has 20 heavy (non-hydrogen) atoms. The maximum absolute atomic E-state index is 10.9. The number of nitrogens with zero attached hydrogens (tertiary/aromatic N) is 1. The van der Waals surface area contributed by atoms with Crippen LogP contribution in [-0.4, -0.2) is 16.1 Å². The summed E-state index contributed by atoms with van der Waals surface area (Å²) in [4.78, 5) is 15.1. The number of halogens is 2. The number of hydrogen-bond donors (Lipinski definition) is 2. The maximum atomic E-state index is 10.9. The van der Waals surface area contributed by atoms with E-state index in [9.17, 15) is 4.79 Å². The zero-order valence-electron chi connectivity index (χ0n) is 10.9. The number of carbonyl (C=O) groups is 1. The van der Waals surface area contributed by atoms with Crippen molar-refractivity contribution in [1.29, 1.82) is 0 Å². The first kappa shape index (κ1) is 14.6. The smallest absolute Gasteiger partial charge is 0.337 e. The highest BCUT2D eigenvalue weighted by Crippen LogP contribution is 2.30. The number of aromatic nitrogens is 1. The Labute approximate surface area is 126 Å². The van der Waals surface area contributed by atoms with Gasteiger partial charge in [-0.25, -0.2) is 9.78 Å². The van der Waals surface area contributed by atoms with Crippen molar-refractivity contribution >= 4 is 40.7 Å². The predicted molar refractivity (Wildman–Crippen MR) is 80.4 cm³/mol. The minimum Gasteiger partial charge on any atom is -0.478 e. The maximum Gasteiger partial charge on any atom is 0.337 e. The van der Waals surface area contributed by atoms with E-state index in [4.69, 9.17) is 28.3 Å². The lowest BCUT2D eigenvalue weighted by molar-refractivity contribution is 0.0695. The molecule has 2 N–H and O–H groups in total. The van der Waals surface area contributed by atoms with Crippen LogP contribution in [-0.2, 0) is 0 Å². The van der Waals surface area contributed by atoms with E-state index in [1.165, 1.54) is 6.07 Å². The average molecular weight is 311 g/mol. The molecule has 0 aliphatic rings. The molecule has 0 aliphatic heterocycles. The Morgan fingerprint density at radius 2 is 1.90 bits per heavy atom. The second-order valence-electron chi connectivity index (χ2n) is 4.34. The van der Waals surface area contributed by atoms with E-state index in [2.05, 4.69) is 10.3 Å². The van der Waals surface area contributed by atoms with E-state index in [1.54, 1.807) is 25.1 Å². The van der Waals surface area contributed by atoms with Crippen LogP contribution in [0.2, 0.25) is 10.0 Å². The van der Waals surface area contributed by atoms with Crippen LogP contribution in [0.25, 0.3) is 0 Å². The minimum absolute atomic E-state index is 0.170. The van der Waals surface area contributed by atoms with Gasteiger partial charge in [0.25, 0.3) is 0 Å². The van der Waals surface area contributed by atoms with Gasteiger partial charge in [-0.05, 0) is 43.7 Å². The van der Waals surface area contributed by atoms with Crippen LogP contribution >= 0.6 is 23.2 Å². The SMILES string of the molecule is Cc1cc(Cl)c(Nc2ccc(C(=O)O)c(C)n2)cc1Cl. The monoisotopic (exact) mass is 310 g/mol. The lowest BCUT2D eigenvalue weighted by atomic mass is 10.2. The summed E-state index contributed by atoms with van der Waals surface area (Å²) in [6.45, 7) is 3.50. The number of benzene rings is 1. The molecule has 1 aromatic carbocycles. The van der Waals surface area contributed by atoms with Gasteiger partial charge >= 0.3 is 5.97 Å². The van der Waals surface area contributed by atoms with Gasteiger partial charge < -0.3 is 10.4 Å². The van der Waals surface area contributed by atoms with E-state index in [0.717, 1.165) is 5.56 Å². The topological polar surface area (TPSA) is 62.2 Å². The first-order valence-electron chi connectivity index (χ1n) is 5.82. The fraction of sp³-hybridized carbons (Fsp3) is 0.143. The number of hydrogen-bond acceptors (Lipinski definition) is 3.